The van der Waals surface area contributed by atoms with E-state index in [0.717, 1.165) is 20.4 Å². The van der Waals surface area contributed by atoms with E-state index in [1.807, 2.05) is 13.0 Å². The number of thiazole rings is 1. The first-order valence-electron chi connectivity index (χ1n) is 4.01. The number of rotatable bonds is 3. The molecular formula is C8H8BrN3OS. The fourth-order valence-electron chi connectivity index (χ4n) is 0.999. The zero-order valence-electron chi connectivity index (χ0n) is 7.45. The van der Waals surface area contributed by atoms with Gasteiger partial charge < -0.3 is 9.84 Å². The molecule has 0 aliphatic rings. The van der Waals surface area contributed by atoms with Crippen LogP contribution in [-0.2, 0) is 6.54 Å². The van der Waals surface area contributed by atoms with Gasteiger partial charge in [0.15, 0.2) is 10.9 Å². The molecule has 0 saturated heterocycles. The smallest absolute Gasteiger partial charge is 0.184 e. The molecule has 0 unspecified atom stereocenters. The van der Waals surface area contributed by atoms with Crippen molar-refractivity contribution in [2.45, 2.75) is 13.5 Å². The van der Waals surface area contributed by atoms with E-state index in [-0.39, 0.29) is 0 Å². The van der Waals surface area contributed by atoms with Crippen molar-refractivity contribution in [3.63, 3.8) is 0 Å². The highest BCUT2D eigenvalue weighted by atomic mass is 79.9. The number of halogens is 1. The Bertz CT molecular complexity index is 385. The fourth-order valence-corrected chi connectivity index (χ4v) is 2.10. The van der Waals surface area contributed by atoms with Crippen LogP contribution in [0.3, 0.4) is 0 Å². The van der Waals surface area contributed by atoms with E-state index in [4.69, 9.17) is 4.52 Å². The van der Waals surface area contributed by atoms with Crippen molar-refractivity contribution in [1.82, 2.24) is 10.1 Å². The monoisotopic (exact) mass is 273 g/mol. The van der Waals surface area contributed by atoms with Gasteiger partial charge in [-0.05, 0) is 22.9 Å². The quantitative estimate of drug-likeness (QED) is 0.935. The molecule has 0 aliphatic heterocycles. The lowest BCUT2D eigenvalue weighted by atomic mass is 10.4. The lowest BCUT2D eigenvalue weighted by Crippen LogP contribution is -1.96. The van der Waals surface area contributed by atoms with Crippen molar-refractivity contribution in [2.75, 3.05) is 5.32 Å². The van der Waals surface area contributed by atoms with E-state index >= 15 is 0 Å². The predicted molar refractivity (Wildman–Crippen MR) is 58.4 cm³/mol. The summed E-state index contributed by atoms with van der Waals surface area (Å²) < 4.78 is 6.05. The molecule has 0 aliphatic carbocycles. The van der Waals surface area contributed by atoms with Gasteiger partial charge in [0, 0.05) is 6.07 Å². The van der Waals surface area contributed by atoms with Crippen molar-refractivity contribution in [1.29, 1.82) is 0 Å². The average molecular weight is 274 g/mol. The van der Waals surface area contributed by atoms with Crippen molar-refractivity contribution in [2.24, 2.45) is 0 Å². The van der Waals surface area contributed by atoms with Crippen LogP contribution in [-0.4, -0.2) is 10.1 Å². The fraction of sp³-hybridized carbons (Fsp3) is 0.250. The molecule has 0 amide bonds. The molecule has 2 aromatic heterocycles. The predicted octanol–water partition coefficient (Wildman–Crippen LogP) is 2.81. The maximum absolute atomic E-state index is 5.05. The third kappa shape index (κ3) is 2.33. The minimum atomic E-state index is 0.612. The first-order valence-corrected chi connectivity index (χ1v) is 5.62. The number of aromatic nitrogens is 2. The number of hydrogen-bond acceptors (Lipinski definition) is 5. The van der Waals surface area contributed by atoms with Crippen LogP contribution in [0.2, 0.25) is 0 Å². The third-order valence-electron chi connectivity index (χ3n) is 1.57. The number of hydrogen-bond donors (Lipinski definition) is 1. The average Bonchev–Trinajstić information content (AvgIpc) is 2.72. The third-order valence-corrected chi connectivity index (χ3v) is 3.00. The van der Waals surface area contributed by atoms with Gasteiger partial charge in [0.25, 0.3) is 0 Å². The molecular weight excluding hydrogens is 266 g/mol. The van der Waals surface area contributed by atoms with E-state index in [1.54, 1.807) is 17.5 Å². The number of aryl methyl sites for hydroxylation is 1. The second-order valence-corrected chi connectivity index (χ2v) is 5.17. The summed E-state index contributed by atoms with van der Waals surface area (Å²) in [6, 6.07) is 1.90. The lowest BCUT2D eigenvalue weighted by Gasteiger charge is -1.96. The van der Waals surface area contributed by atoms with Gasteiger partial charge in [0.1, 0.15) is 0 Å². The molecule has 1 N–H and O–H groups in total. The van der Waals surface area contributed by atoms with E-state index in [9.17, 15) is 0 Å². The topological polar surface area (TPSA) is 51.0 Å². The summed E-state index contributed by atoms with van der Waals surface area (Å²) >= 11 is 4.89. The molecule has 2 aromatic rings. The molecule has 6 heteroatoms. The van der Waals surface area contributed by atoms with Gasteiger partial charge in [0.2, 0.25) is 0 Å². The number of anilines is 1. The Morgan fingerprint density at radius 2 is 2.50 bits per heavy atom. The first-order chi connectivity index (χ1) is 6.74. The van der Waals surface area contributed by atoms with Crippen LogP contribution in [0.4, 0.5) is 5.13 Å². The Hall–Kier alpha value is -0.880. The Morgan fingerprint density at radius 3 is 3.07 bits per heavy atom. The first kappa shape index (κ1) is 9.67. The molecule has 2 heterocycles. The van der Waals surface area contributed by atoms with Gasteiger partial charge >= 0.3 is 0 Å². The van der Waals surface area contributed by atoms with Crippen molar-refractivity contribution in [3.8, 4) is 0 Å². The number of nitrogens with one attached hydrogen (secondary N) is 1. The van der Waals surface area contributed by atoms with E-state index in [0.29, 0.717) is 6.54 Å². The van der Waals surface area contributed by atoms with Gasteiger partial charge in [-0.2, -0.15) is 0 Å². The van der Waals surface area contributed by atoms with Crippen LogP contribution in [0, 0.1) is 6.92 Å². The van der Waals surface area contributed by atoms with Crippen LogP contribution < -0.4 is 5.32 Å². The Labute approximate surface area is 93.5 Å². The Morgan fingerprint density at radius 1 is 1.64 bits per heavy atom. The Kier molecular flexibility index (Phi) is 2.83. The minimum Gasteiger partial charge on any atom is -0.359 e. The largest absolute Gasteiger partial charge is 0.359 e. The van der Waals surface area contributed by atoms with Gasteiger partial charge in [-0.3, -0.25) is 0 Å². The minimum absolute atomic E-state index is 0.612. The normalized spacial score (nSPS) is 10.4. The molecule has 0 saturated carbocycles. The maximum Gasteiger partial charge on any atom is 0.184 e. The van der Waals surface area contributed by atoms with Crippen molar-refractivity contribution >= 4 is 32.4 Å². The zero-order chi connectivity index (χ0) is 9.97. The summed E-state index contributed by atoms with van der Waals surface area (Å²) in [5.74, 6) is 0.814. The molecule has 4 nitrogen and oxygen atoms in total. The molecule has 0 atom stereocenters. The van der Waals surface area contributed by atoms with Crippen LogP contribution in [0.1, 0.15) is 11.5 Å². The molecule has 0 bridgehead atoms. The van der Waals surface area contributed by atoms with Gasteiger partial charge in [-0.25, -0.2) is 4.98 Å². The SMILES string of the molecule is Cc1cc(CNc2ncc(Br)s2)on1. The molecule has 0 aromatic carbocycles. The summed E-state index contributed by atoms with van der Waals surface area (Å²) in [4.78, 5) is 4.14. The summed E-state index contributed by atoms with van der Waals surface area (Å²) in [6.07, 6.45) is 1.76. The molecule has 74 valence electrons. The summed E-state index contributed by atoms with van der Waals surface area (Å²) in [5, 5.41) is 7.80. The van der Waals surface area contributed by atoms with Crippen LogP contribution >= 0.6 is 27.3 Å². The second kappa shape index (κ2) is 4.10. The van der Waals surface area contributed by atoms with Gasteiger partial charge in [-0.1, -0.05) is 16.5 Å². The molecule has 0 fully saturated rings. The Balaban J connectivity index is 1.94. The number of nitrogens with zero attached hydrogens (tertiary/aromatic N) is 2. The highest BCUT2D eigenvalue weighted by molar-refractivity contribution is 9.11. The maximum atomic E-state index is 5.05. The van der Waals surface area contributed by atoms with Crippen LogP contribution in [0.15, 0.2) is 20.6 Å². The van der Waals surface area contributed by atoms with E-state index < -0.39 is 0 Å². The molecule has 14 heavy (non-hydrogen) atoms. The zero-order valence-corrected chi connectivity index (χ0v) is 9.85. The standard InChI is InChI=1S/C8H8BrN3OS/c1-5-2-6(13-12-5)3-10-8-11-4-7(9)14-8/h2,4H,3H2,1H3,(H,10,11). The van der Waals surface area contributed by atoms with Crippen LogP contribution in [0.5, 0.6) is 0 Å². The van der Waals surface area contributed by atoms with E-state index in [1.165, 1.54) is 0 Å². The molecule has 0 radical (unpaired) electrons. The second-order valence-electron chi connectivity index (χ2n) is 2.76. The van der Waals surface area contributed by atoms with Gasteiger partial charge in [-0.15, -0.1) is 0 Å². The van der Waals surface area contributed by atoms with E-state index in [2.05, 4.69) is 31.4 Å². The highest BCUT2D eigenvalue weighted by Crippen LogP contribution is 2.23. The van der Waals surface area contributed by atoms with Crippen LogP contribution in [0.25, 0.3) is 0 Å². The summed E-state index contributed by atoms with van der Waals surface area (Å²) in [7, 11) is 0. The summed E-state index contributed by atoms with van der Waals surface area (Å²) in [6.45, 7) is 2.51. The lowest BCUT2D eigenvalue weighted by molar-refractivity contribution is 0.384. The molecule has 0 spiro atoms. The van der Waals surface area contributed by atoms with Crippen molar-refractivity contribution in [3.05, 3.63) is 27.5 Å². The van der Waals surface area contributed by atoms with Gasteiger partial charge in [0.05, 0.1) is 22.2 Å². The molecule has 2 rings (SSSR count). The highest BCUT2D eigenvalue weighted by Gasteiger charge is 2.02. The van der Waals surface area contributed by atoms with Crippen molar-refractivity contribution < 1.29 is 4.52 Å². The summed E-state index contributed by atoms with van der Waals surface area (Å²) in [5.41, 5.74) is 0.891.